The van der Waals surface area contributed by atoms with Crippen LogP contribution in [0.5, 0.6) is 0 Å². The quantitative estimate of drug-likeness (QED) is 0.846. The molecule has 1 aliphatic rings. The van der Waals surface area contributed by atoms with Crippen LogP contribution in [0.15, 0.2) is 35.1 Å². The van der Waals surface area contributed by atoms with E-state index in [4.69, 9.17) is 10.2 Å². The highest BCUT2D eigenvalue weighted by molar-refractivity contribution is 5.74. The number of urea groups is 1. The van der Waals surface area contributed by atoms with Crippen LogP contribution in [0.3, 0.4) is 0 Å². The van der Waals surface area contributed by atoms with Gasteiger partial charge in [-0.25, -0.2) is 14.8 Å². The van der Waals surface area contributed by atoms with E-state index < -0.39 is 0 Å². The molecule has 0 aliphatic carbocycles. The highest BCUT2D eigenvalue weighted by atomic mass is 16.3. The molecule has 0 spiro atoms. The highest BCUT2D eigenvalue weighted by Gasteiger charge is 2.23. The Labute approximate surface area is 153 Å². The molecular weight excluding hydrogens is 332 g/mol. The first kappa shape index (κ1) is 18.2. The van der Waals surface area contributed by atoms with Crippen molar-refractivity contribution >= 4 is 11.8 Å². The van der Waals surface area contributed by atoms with Crippen LogP contribution in [-0.4, -0.2) is 52.0 Å². The van der Waals surface area contributed by atoms with Gasteiger partial charge in [0.25, 0.3) is 0 Å². The molecule has 1 fully saturated rings. The standard InChI is InChI=1S/C18H26N6O2/c1-23(13-17-20-8-6-16(19)22-17)14-4-2-9-24(10-7-14)18(25)21-12-15-5-3-11-26-15/h3,5-6,8,11,14H,2,4,7,9-10,12-13H2,1H3,(H,21,25)(H2,19,20,22)/t14-/m1/s1. The van der Waals surface area contributed by atoms with Crippen LogP contribution in [0.25, 0.3) is 0 Å². The van der Waals surface area contributed by atoms with Gasteiger partial charge in [0.2, 0.25) is 0 Å². The summed E-state index contributed by atoms with van der Waals surface area (Å²) in [5, 5.41) is 2.92. The molecule has 26 heavy (non-hydrogen) atoms. The monoisotopic (exact) mass is 358 g/mol. The number of hydrogen-bond acceptors (Lipinski definition) is 6. The number of carbonyl (C=O) groups is 1. The number of nitrogens with zero attached hydrogens (tertiary/aromatic N) is 4. The molecule has 140 valence electrons. The molecule has 3 heterocycles. The molecule has 3 N–H and O–H groups in total. The Kier molecular flexibility index (Phi) is 6.06. The van der Waals surface area contributed by atoms with Crippen molar-refractivity contribution in [1.82, 2.24) is 25.1 Å². The SMILES string of the molecule is CN(Cc1nccc(N)n1)[C@@H]1CCCN(C(=O)NCc2ccco2)CC1. The van der Waals surface area contributed by atoms with Gasteiger partial charge in [0.05, 0.1) is 19.4 Å². The Morgan fingerprint density at radius 3 is 3.08 bits per heavy atom. The summed E-state index contributed by atoms with van der Waals surface area (Å²) in [6.45, 7) is 2.57. The first-order valence-corrected chi connectivity index (χ1v) is 8.94. The summed E-state index contributed by atoms with van der Waals surface area (Å²) >= 11 is 0. The summed E-state index contributed by atoms with van der Waals surface area (Å²) in [5.74, 6) is 1.97. The number of likely N-dealkylation sites (tertiary alicyclic amines) is 1. The molecule has 1 aliphatic heterocycles. The molecule has 2 aromatic heterocycles. The molecule has 0 aromatic carbocycles. The third-order valence-corrected chi connectivity index (χ3v) is 4.72. The molecule has 0 unspecified atom stereocenters. The molecule has 8 nitrogen and oxygen atoms in total. The maximum atomic E-state index is 12.4. The zero-order valence-electron chi connectivity index (χ0n) is 15.1. The van der Waals surface area contributed by atoms with Crippen LogP contribution < -0.4 is 11.1 Å². The van der Waals surface area contributed by atoms with Crippen molar-refractivity contribution in [2.24, 2.45) is 0 Å². The fourth-order valence-electron chi connectivity index (χ4n) is 3.25. The number of rotatable bonds is 5. The summed E-state index contributed by atoms with van der Waals surface area (Å²) in [7, 11) is 2.07. The fraction of sp³-hybridized carbons (Fsp3) is 0.500. The van der Waals surface area contributed by atoms with E-state index in [2.05, 4.69) is 27.2 Å². The molecule has 2 aromatic rings. The first-order valence-electron chi connectivity index (χ1n) is 8.94. The van der Waals surface area contributed by atoms with E-state index in [1.165, 1.54) is 0 Å². The summed E-state index contributed by atoms with van der Waals surface area (Å²) in [6, 6.07) is 5.71. The average molecular weight is 358 g/mol. The van der Waals surface area contributed by atoms with Gasteiger partial charge < -0.3 is 20.4 Å². The largest absolute Gasteiger partial charge is 0.467 e. The smallest absolute Gasteiger partial charge is 0.317 e. The van der Waals surface area contributed by atoms with Gasteiger partial charge in [0.15, 0.2) is 0 Å². The number of aromatic nitrogens is 2. The van der Waals surface area contributed by atoms with Crippen molar-refractivity contribution in [3.8, 4) is 0 Å². The zero-order chi connectivity index (χ0) is 18.4. The molecule has 1 atom stereocenters. The molecule has 0 saturated carbocycles. The second-order valence-corrected chi connectivity index (χ2v) is 6.62. The molecule has 1 saturated heterocycles. The van der Waals surface area contributed by atoms with Gasteiger partial charge in [-0.3, -0.25) is 4.90 Å². The Hall–Kier alpha value is -2.61. The van der Waals surface area contributed by atoms with E-state index in [-0.39, 0.29) is 6.03 Å². The van der Waals surface area contributed by atoms with Gasteiger partial charge in [-0.1, -0.05) is 0 Å². The third kappa shape index (κ3) is 4.95. The number of amides is 2. The van der Waals surface area contributed by atoms with E-state index in [9.17, 15) is 4.79 Å². The summed E-state index contributed by atoms with van der Waals surface area (Å²) in [5.41, 5.74) is 5.73. The second-order valence-electron chi connectivity index (χ2n) is 6.62. The molecule has 0 bridgehead atoms. The van der Waals surface area contributed by atoms with E-state index in [1.54, 1.807) is 18.5 Å². The number of nitrogen functional groups attached to an aromatic ring is 1. The maximum Gasteiger partial charge on any atom is 0.317 e. The van der Waals surface area contributed by atoms with Gasteiger partial charge in [-0.15, -0.1) is 0 Å². The molecule has 8 heteroatoms. The lowest BCUT2D eigenvalue weighted by Crippen LogP contribution is -2.40. The Bertz CT molecular complexity index is 705. The van der Waals surface area contributed by atoms with Crippen molar-refractivity contribution in [3.63, 3.8) is 0 Å². The molecule has 2 amide bonds. The minimum absolute atomic E-state index is 0.0381. The highest BCUT2D eigenvalue weighted by Crippen LogP contribution is 2.17. The van der Waals surface area contributed by atoms with Gasteiger partial charge in [-0.2, -0.15) is 0 Å². The normalized spacial score (nSPS) is 17.9. The van der Waals surface area contributed by atoms with Gasteiger partial charge in [0.1, 0.15) is 17.4 Å². The van der Waals surface area contributed by atoms with Crippen molar-refractivity contribution in [3.05, 3.63) is 42.2 Å². The van der Waals surface area contributed by atoms with E-state index in [0.29, 0.717) is 24.9 Å². The molecule has 3 rings (SSSR count). The number of hydrogen-bond donors (Lipinski definition) is 2. The second kappa shape index (κ2) is 8.66. The van der Waals surface area contributed by atoms with Crippen LogP contribution in [0.2, 0.25) is 0 Å². The topological polar surface area (TPSA) is 101 Å². The van der Waals surface area contributed by atoms with Crippen LogP contribution in [0, 0.1) is 0 Å². The Morgan fingerprint density at radius 2 is 2.31 bits per heavy atom. The number of carbonyl (C=O) groups excluding carboxylic acids is 1. The average Bonchev–Trinajstić information content (AvgIpc) is 3.02. The summed E-state index contributed by atoms with van der Waals surface area (Å²) < 4.78 is 5.25. The van der Waals surface area contributed by atoms with E-state index in [0.717, 1.165) is 43.9 Å². The first-order chi connectivity index (χ1) is 12.6. The van der Waals surface area contributed by atoms with Crippen LogP contribution in [0.1, 0.15) is 30.8 Å². The third-order valence-electron chi connectivity index (χ3n) is 4.72. The minimum Gasteiger partial charge on any atom is -0.467 e. The molecule has 0 radical (unpaired) electrons. The van der Waals surface area contributed by atoms with Gasteiger partial charge in [-0.05, 0) is 44.5 Å². The van der Waals surface area contributed by atoms with Crippen molar-refractivity contribution < 1.29 is 9.21 Å². The lowest BCUT2D eigenvalue weighted by atomic mass is 10.1. The number of furan rings is 1. The van der Waals surface area contributed by atoms with E-state index >= 15 is 0 Å². The van der Waals surface area contributed by atoms with Crippen molar-refractivity contribution in [2.45, 2.75) is 38.4 Å². The summed E-state index contributed by atoms with van der Waals surface area (Å²) in [6.07, 6.45) is 6.23. The van der Waals surface area contributed by atoms with Crippen LogP contribution >= 0.6 is 0 Å². The van der Waals surface area contributed by atoms with Crippen LogP contribution in [-0.2, 0) is 13.1 Å². The van der Waals surface area contributed by atoms with Gasteiger partial charge >= 0.3 is 6.03 Å². The predicted octanol–water partition coefficient (Wildman–Crippen LogP) is 1.85. The number of nitrogens with one attached hydrogen (secondary N) is 1. The number of anilines is 1. The van der Waals surface area contributed by atoms with Crippen molar-refractivity contribution in [1.29, 1.82) is 0 Å². The minimum atomic E-state index is -0.0381. The lowest BCUT2D eigenvalue weighted by molar-refractivity contribution is 0.190. The number of nitrogens with two attached hydrogens (primary N) is 1. The maximum absolute atomic E-state index is 12.4. The summed E-state index contributed by atoms with van der Waals surface area (Å²) in [4.78, 5) is 25.0. The van der Waals surface area contributed by atoms with E-state index in [1.807, 2.05) is 17.0 Å². The lowest BCUT2D eigenvalue weighted by Gasteiger charge is -2.26. The zero-order valence-corrected chi connectivity index (χ0v) is 15.1. The Balaban J connectivity index is 1.48. The predicted molar refractivity (Wildman–Crippen MR) is 98.1 cm³/mol. The Morgan fingerprint density at radius 1 is 1.42 bits per heavy atom. The molecular formula is C18H26N6O2. The van der Waals surface area contributed by atoms with Gasteiger partial charge in [0, 0.05) is 25.3 Å². The fourth-order valence-corrected chi connectivity index (χ4v) is 3.25. The van der Waals surface area contributed by atoms with Crippen molar-refractivity contribution in [2.75, 3.05) is 25.9 Å². The van der Waals surface area contributed by atoms with Crippen LogP contribution in [0.4, 0.5) is 10.6 Å².